The Labute approximate surface area is 394 Å². The van der Waals surface area contributed by atoms with Crippen LogP contribution >= 0.6 is 13.4 Å². The predicted molar refractivity (Wildman–Crippen MR) is 280 cm³/mol. The van der Waals surface area contributed by atoms with E-state index in [9.17, 15) is 0 Å². The van der Waals surface area contributed by atoms with E-state index in [1.807, 2.05) is 0 Å². The molecule has 0 aliphatic heterocycles. The second kappa shape index (κ2) is 47.0. The van der Waals surface area contributed by atoms with Crippen molar-refractivity contribution in [2.75, 3.05) is 0 Å². The fourth-order valence-electron chi connectivity index (χ4n) is 7.89. The summed E-state index contributed by atoms with van der Waals surface area (Å²) in [6, 6.07) is 18.4. The van der Waals surface area contributed by atoms with Gasteiger partial charge < -0.3 is 29.4 Å². The molecular weight excluding hydrogens is 847 g/mol. The van der Waals surface area contributed by atoms with E-state index in [1.165, 1.54) is 231 Å². The second-order valence-corrected chi connectivity index (χ2v) is 22.5. The summed E-state index contributed by atoms with van der Waals surface area (Å²) in [4.78, 5) is 45.3. The highest BCUT2D eigenvalue weighted by Gasteiger charge is 2.04. The molecule has 0 bridgehead atoms. The zero-order valence-corrected chi connectivity index (χ0v) is 43.9. The van der Waals surface area contributed by atoms with Gasteiger partial charge in [-0.2, -0.15) is 0 Å². The van der Waals surface area contributed by atoms with Gasteiger partial charge in [0.25, 0.3) is 0 Å². The van der Waals surface area contributed by atoms with Gasteiger partial charge in [-0.3, -0.25) is 0 Å². The first kappa shape index (κ1) is 63.6. The summed E-state index contributed by atoms with van der Waals surface area (Å²) in [6.45, 7) is 1.58. The quantitative estimate of drug-likeness (QED) is 0.0295. The van der Waals surface area contributed by atoms with Crippen LogP contribution in [0.5, 0.6) is 0 Å². The number of unbranched alkanes of at least 4 members (excludes halogenated alkanes) is 28. The molecule has 0 heterocycles. The van der Waals surface area contributed by atoms with Crippen LogP contribution in [0.25, 0.3) is 0 Å². The summed E-state index contributed by atoms with van der Waals surface area (Å²) < 4.78 is 0. The molecule has 0 radical (unpaired) electrons. The average Bonchev–Trinajstić information content (AvgIpc) is 3.22. The molecule has 0 atom stereocenters. The van der Waals surface area contributed by atoms with E-state index in [-0.39, 0.29) is 0 Å². The molecule has 62 heavy (non-hydrogen) atoms. The van der Waals surface area contributed by atoms with Gasteiger partial charge in [0.1, 0.15) is 0 Å². The predicted octanol–water partition coefficient (Wildman–Crippen LogP) is 16.5. The Hall–Kier alpha value is -0.500. The molecular formula is C52H98O6P2S2. The van der Waals surface area contributed by atoms with Gasteiger partial charge in [-0.1, -0.05) is 256 Å². The van der Waals surface area contributed by atoms with Crippen molar-refractivity contribution < 1.29 is 29.4 Å². The highest BCUT2D eigenvalue weighted by Crippen LogP contribution is 2.27. The molecule has 0 aliphatic rings. The Morgan fingerprint density at radius 3 is 0.548 bits per heavy atom. The zero-order chi connectivity index (χ0) is 46.4. The minimum absolute atomic E-state index is 1.29. The summed E-state index contributed by atoms with van der Waals surface area (Å²) >= 11 is 7.21. The lowest BCUT2D eigenvalue weighted by molar-refractivity contribution is 0.361. The van der Waals surface area contributed by atoms with Crippen LogP contribution in [0, 0.1) is 0 Å². The van der Waals surface area contributed by atoms with Crippen LogP contribution < -0.4 is 0 Å². The smallest absolute Gasteiger partial charge is 0.319 e. The average molecular weight is 945 g/mol. The van der Waals surface area contributed by atoms with Crippen molar-refractivity contribution >= 4 is 37.1 Å². The van der Waals surface area contributed by atoms with Gasteiger partial charge in [0.2, 0.25) is 0 Å². The highest BCUT2D eigenvalue weighted by molar-refractivity contribution is 8.06. The van der Waals surface area contributed by atoms with Crippen LogP contribution in [0.3, 0.4) is 0 Å². The molecule has 0 aromatic heterocycles. The molecule has 2 aromatic rings. The van der Waals surface area contributed by atoms with Crippen LogP contribution in [0.2, 0.25) is 0 Å². The number of hydrogen-bond acceptors (Lipinski definition) is 2. The van der Waals surface area contributed by atoms with E-state index in [2.05, 4.69) is 99.8 Å². The third-order valence-corrected chi connectivity index (χ3v) is 11.4. The molecule has 0 amide bonds. The van der Waals surface area contributed by atoms with Crippen LogP contribution in [-0.2, 0) is 49.3 Å². The summed E-state index contributed by atoms with van der Waals surface area (Å²) in [5.74, 6) is 0. The Kier molecular flexibility index (Phi) is 48.2. The Balaban J connectivity index is 0. The largest absolute Gasteiger partial charge is 0.325 e. The first-order chi connectivity index (χ1) is 29.8. The molecule has 10 heteroatoms. The number of rotatable bonds is 36. The van der Waals surface area contributed by atoms with Crippen molar-refractivity contribution in [3.05, 3.63) is 70.8 Å². The van der Waals surface area contributed by atoms with E-state index >= 15 is 0 Å². The maximum atomic E-state index is 7.56. The van der Waals surface area contributed by atoms with Gasteiger partial charge in [-0.25, -0.2) is 0 Å². The fraction of sp³-hybridized carbons (Fsp3) is 0.769. The highest BCUT2D eigenvalue weighted by atomic mass is 32.5. The molecule has 6 nitrogen and oxygen atoms in total. The third kappa shape index (κ3) is 53.8. The zero-order valence-electron chi connectivity index (χ0n) is 40.5. The summed E-state index contributed by atoms with van der Waals surface area (Å²) in [6.07, 6.45) is 50.5. The first-order valence-corrected chi connectivity index (χ1v) is 30.8. The molecule has 0 saturated heterocycles. The van der Waals surface area contributed by atoms with Crippen LogP contribution in [0.15, 0.2) is 48.5 Å². The first-order valence-electron chi connectivity index (χ1n) is 25.5. The maximum Gasteiger partial charge on any atom is 0.319 e. The van der Waals surface area contributed by atoms with Crippen LogP contribution in [0.1, 0.15) is 255 Å². The van der Waals surface area contributed by atoms with Crippen molar-refractivity contribution in [2.45, 2.75) is 259 Å². The van der Waals surface area contributed by atoms with E-state index < -0.39 is 13.4 Å². The number of hydrogen-bond donors (Lipinski definition) is 6. The molecule has 0 aliphatic carbocycles. The lowest BCUT2D eigenvalue weighted by Gasteiger charge is -2.10. The van der Waals surface area contributed by atoms with Crippen molar-refractivity contribution in [1.82, 2.24) is 0 Å². The molecule has 0 unspecified atom stereocenters. The summed E-state index contributed by atoms with van der Waals surface area (Å²) in [5.41, 5.74) is 6.51. The molecule has 2 rings (SSSR count). The third-order valence-electron chi connectivity index (χ3n) is 11.4. The van der Waals surface area contributed by atoms with E-state index in [4.69, 9.17) is 29.4 Å². The standard InChI is InChI=1S/2C26H46.2H3O3PS/c2*1-3-5-7-9-11-13-15-17-21-25-23-19-20-24-26(25)22-18-16-14-12-10-8-6-4-2;2*1-4(2,3)5/h2*19-20,23-24H,3-18,21-22H2,1-2H3;2*(H3,1,2,3,5). The summed E-state index contributed by atoms with van der Waals surface area (Å²) in [5, 5.41) is 0. The van der Waals surface area contributed by atoms with Crippen molar-refractivity contribution in [3.8, 4) is 0 Å². The number of aryl methyl sites for hydroxylation is 4. The maximum absolute atomic E-state index is 7.56. The van der Waals surface area contributed by atoms with Crippen molar-refractivity contribution in [1.29, 1.82) is 0 Å². The molecule has 2 aromatic carbocycles. The lowest BCUT2D eigenvalue weighted by atomic mass is 9.96. The van der Waals surface area contributed by atoms with E-state index in [0.717, 1.165) is 0 Å². The Morgan fingerprint density at radius 2 is 0.403 bits per heavy atom. The minimum atomic E-state index is -3.81. The molecule has 0 spiro atoms. The Morgan fingerprint density at radius 1 is 0.274 bits per heavy atom. The van der Waals surface area contributed by atoms with E-state index in [1.54, 1.807) is 22.3 Å². The van der Waals surface area contributed by atoms with Crippen molar-refractivity contribution in [3.63, 3.8) is 0 Å². The fourth-order valence-corrected chi connectivity index (χ4v) is 7.89. The topological polar surface area (TPSA) is 121 Å². The van der Waals surface area contributed by atoms with Gasteiger partial charge in [-0.15, -0.1) is 0 Å². The monoisotopic (exact) mass is 945 g/mol. The van der Waals surface area contributed by atoms with Crippen molar-refractivity contribution in [2.24, 2.45) is 0 Å². The molecule has 364 valence electrons. The summed E-state index contributed by atoms with van der Waals surface area (Å²) in [7, 11) is 0. The lowest BCUT2D eigenvalue weighted by Crippen LogP contribution is -1.95. The Bertz CT molecular complexity index is 1120. The van der Waals surface area contributed by atoms with Gasteiger partial charge in [0.05, 0.1) is 0 Å². The van der Waals surface area contributed by atoms with E-state index in [0.29, 0.717) is 0 Å². The molecule has 6 N–H and O–H groups in total. The number of benzene rings is 2. The van der Waals surface area contributed by atoms with Gasteiger partial charge in [-0.05, 0) is 97.2 Å². The second-order valence-electron chi connectivity index (χ2n) is 17.5. The SMILES string of the molecule is CCCCCCCCCCc1ccccc1CCCCCCCCCC.CCCCCCCCCCc1ccccc1CCCCCCCCCC.OP(O)(O)=S.OP(O)(O)=S. The normalized spacial score (nSPS) is 11.3. The minimum Gasteiger partial charge on any atom is -0.325 e. The van der Waals surface area contributed by atoms with Crippen LogP contribution in [-0.4, -0.2) is 29.4 Å². The van der Waals surface area contributed by atoms with Crippen LogP contribution in [0.4, 0.5) is 0 Å². The van der Waals surface area contributed by atoms with Gasteiger partial charge in [0.15, 0.2) is 0 Å². The molecule has 0 saturated carbocycles. The van der Waals surface area contributed by atoms with Gasteiger partial charge in [0, 0.05) is 0 Å². The molecule has 0 fully saturated rings. The van der Waals surface area contributed by atoms with Gasteiger partial charge >= 0.3 is 13.4 Å².